The lowest BCUT2D eigenvalue weighted by atomic mass is 10.3. The molecular weight excluding hydrogens is 315 g/mol. The number of H-pyrrole nitrogens is 1. The summed E-state index contributed by atoms with van der Waals surface area (Å²) in [4.78, 5) is 3.35. The van der Waals surface area contributed by atoms with Gasteiger partial charge in [-0.1, -0.05) is 35.3 Å². The number of hydrogen-bond acceptors (Lipinski definition) is 2. The molecular formula is C13H9Cl2N4S+. The second-order valence-corrected chi connectivity index (χ2v) is 5.34. The van der Waals surface area contributed by atoms with Crippen LogP contribution >= 0.6 is 35.4 Å². The fraction of sp³-hybridized carbons (Fsp3) is 0. The highest BCUT2D eigenvalue weighted by molar-refractivity contribution is 7.71. The molecule has 0 atom stereocenters. The van der Waals surface area contributed by atoms with E-state index in [1.807, 2.05) is 30.3 Å². The predicted molar refractivity (Wildman–Crippen MR) is 80.3 cm³/mol. The molecule has 0 amide bonds. The fourth-order valence-corrected chi connectivity index (χ4v) is 2.38. The highest BCUT2D eigenvalue weighted by atomic mass is 35.5. The summed E-state index contributed by atoms with van der Waals surface area (Å²) in [5.74, 6) is 0. The van der Waals surface area contributed by atoms with E-state index < -0.39 is 0 Å². The van der Waals surface area contributed by atoms with Crippen molar-refractivity contribution in [2.75, 3.05) is 0 Å². The molecule has 0 bridgehead atoms. The quantitative estimate of drug-likeness (QED) is 0.578. The minimum atomic E-state index is 0.366. The zero-order valence-electron chi connectivity index (χ0n) is 10.1. The van der Waals surface area contributed by atoms with Crippen LogP contribution in [0.15, 0.2) is 48.5 Å². The number of benzene rings is 2. The largest absolute Gasteiger partial charge is 0.345 e. The Kier molecular flexibility index (Phi) is 3.56. The Morgan fingerprint density at radius 3 is 2.45 bits per heavy atom. The topological polar surface area (TPSA) is 37.5 Å². The molecule has 100 valence electrons. The SMILES string of the molecule is S=c1n[n+](-c2cccc(Cl)c2)n(-c2cccc(Cl)c2)[nH]1. The summed E-state index contributed by atoms with van der Waals surface area (Å²) >= 11 is 17.2. The summed E-state index contributed by atoms with van der Waals surface area (Å²) in [6.07, 6.45) is 0. The molecule has 0 spiro atoms. The zero-order chi connectivity index (χ0) is 14.1. The van der Waals surface area contributed by atoms with E-state index in [9.17, 15) is 0 Å². The lowest BCUT2D eigenvalue weighted by Gasteiger charge is -2.02. The lowest BCUT2D eigenvalue weighted by molar-refractivity contribution is -0.735. The van der Waals surface area contributed by atoms with Crippen molar-refractivity contribution < 1.29 is 4.80 Å². The molecule has 0 radical (unpaired) electrons. The lowest BCUT2D eigenvalue weighted by Crippen LogP contribution is -2.43. The summed E-state index contributed by atoms with van der Waals surface area (Å²) < 4.78 is 0.366. The molecule has 1 aromatic heterocycles. The molecule has 4 nitrogen and oxygen atoms in total. The first-order valence-electron chi connectivity index (χ1n) is 5.77. The number of tetrazole rings is 1. The van der Waals surface area contributed by atoms with E-state index in [4.69, 9.17) is 35.4 Å². The number of aromatic amines is 1. The Morgan fingerprint density at radius 2 is 1.75 bits per heavy atom. The van der Waals surface area contributed by atoms with Crippen molar-refractivity contribution in [2.45, 2.75) is 0 Å². The average Bonchev–Trinajstić information content (AvgIpc) is 2.81. The molecule has 0 saturated carbocycles. The van der Waals surface area contributed by atoms with Crippen LogP contribution in [0.3, 0.4) is 0 Å². The number of hydrogen-bond donors (Lipinski definition) is 1. The fourth-order valence-electron chi connectivity index (χ4n) is 1.85. The van der Waals surface area contributed by atoms with Crippen LogP contribution in [0.4, 0.5) is 0 Å². The van der Waals surface area contributed by atoms with Crippen LogP contribution < -0.4 is 4.80 Å². The Hall–Kier alpha value is -1.69. The van der Waals surface area contributed by atoms with Crippen molar-refractivity contribution in [3.8, 4) is 11.4 Å². The van der Waals surface area contributed by atoms with Crippen molar-refractivity contribution in [1.82, 2.24) is 15.0 Å². The van der Waals surface area contributed by atoms with Gasteiger partial charge in [0.05, 0.1) is 0 Å². The summed E-state index contributed by atoms with van der Waals surface area (Å²) in [6.45, 7) is 0. The van der Waals surface area contributed by atoms with Crippen LogP contribution in [0.1, 0.15) is 0 Å². The maximum Gasteiger partial charge on any atom is 0.345 e. The van der Waals surface area contributed by atoms with Gasteiger partial charge >= 0.3 is 4.77 Å². The van der Waals surface area contributed by atoms with Gasteiger partial charge in [-0.3, -0.25) is 0 Å². The molecule has 7 heteroatoms. The van der Waals surface area contributed by atoms with Crippen molar-refractivity contribution in [1.29, 1.82) is 0 Å². The Balaban J connectivity index is 2.21. The zero-order valence-corrected chi connectivity index (χ0v) is 12.5. The van der Waals surface area contributed by atoms with E-state index in [1.54, 1.807) is 27.8 Å². The highest BCUT2D eigenvalue weighted by Gasteiger charge is 2.15. The first-order valence-corrected chi connectivity index (χ1v) is 6.93. The summed E-state index contributed by atoms with van der Waals surface area (Å²) in [5, 5.41) is 8.51. The van der Waals surface area contributed by atoms with Gasteiger partial charge in [0.25, 0.3) is 0 Å². The van der Waals surface area contributed by atoms with Gasteiger partial charge in [-0.25, -0.2) is 0 Å². The van der Waals surface area contributed by atoms with Crippen LogP contribution in [0, 0.1) is 4.77 Å². The maximum absolute atomic E-state index is 6.02. The van der Waals surface area contributed by atoms with Gasteiger partial charge < -0.3 is 0 Å². The first kappa shape index (κ1) is 13.3. The van der Waals surface area contributed by atoms with Gasteiger partial charge in [0.15, 0.2) is 5.69 Å². The van der Waals surface area contributed by atoms with Crippen LogP contribution in [0.2, 0.25) is 10.0 Å². The molecule has 20 heavy (non-hydrogen) atoms. The van der Waals surface area contributed by atoms with Gasteiger partial charge in [-0.2, -0.15) is 0 Å². The van der Waals surface area contributed by atoms with Gasteiger partial charge in [0.1, 0.15) is 5.69 Å². The molecule has 3 rings (SSSR count). The van der Waals surface area contributed by atoms with E-state index in [2.05, 4.69) is 10.2 Å². The maximum atomic E-state index is 6.02. The van der Waals surface area contributed by atoms with Crippen molar-refractivity contribution in [2.24, 2.45) is 0 Å². The van der Waals surface area contributed by atoms with Gasteiger partial charge in [0, 0.05) is 21.2 Å². The van der Waals surface area contributed by atoms with Crippen molar-refractivity contribution >= 4 is 35.4 Å². The number of nitrogens with one attached hydrogen (secondary N) is 1. The average molecular weight is 324 g/mol. The molecule has 0 aliphatic carbocycles. The number of rotatable bonds is 2. The Labute approximate surface area is 130 Å². The molecule has 0 aliphatic rings. The van der Waals surface area contributed by atoms with E-state index in [1.165, 1.54) is 0 Å². The van der Waals surface area contributed by atoms with E-state index in [0.717, 1.165) is 11.4 Å². The summed E-state index contributed by atoms with van der Waals surface area (Å²) in [5.41, 5.74) is 1.62. The molecule has 0 unspecified atom stereocenters. The molecule has 2 aromatic carbocycles. The second kappa shape index (κ2) is 5.36. The molecule has 1 N–H and O–H groups in total. The van der Waals surface area contributed by atoms with Crippen molar-refractivity contribution in [3.63, 3.8) is 0 Å². The first-order chi connectivity index (χ1) is 9.63. The summed E-state index contributed by atoms with van der Waals surface area (Å²) in [6, 6.07) is 14.7. The monoisotopic (exact) mass is 323 g/mol. The van der Waals surface area contributed by atoms with Crippen LogP contribution in [-0.2, 0) is 0 Å². The standard InChI is InChI=1S/C13H8Cl2N4S/c14-9-3-1-5-11(7-9)18-16-13(20)17-19(18)12-6-2-4-10(15)8-12/h1-8H/p+1. The van der Waals surface area contributed by atoms with Gasteiger partial charge in [-0.05, 0) is 52.1 Å². The third-order valence-corrected chi connectivity index (χ3v) is 3.31. The summed E-state index contributed by atoms with van der Waals surface area (Å²) in [7, 11) is 0. The number of halogens is 2. The normalized spacial score (nSPS) is 10.7. The van der Waals surface area contributed by atoms with Crippen LogP contribution in [0.25, 0.3) is 11.4 Å². The second-order valence-electron chi connectivity index (χ2n) is 4.08. The smallest absolute Gasteiger partial charge is 0.137 e. The van der Waals surface area contributed by atoms with Crippen LogP contribution in [-0.4, -0.2) is 15.0 Å². The van der Waals surface area contributed by atoms with Crippen LogP contribution in [0.5, 0.6) is 0 Å². The number of aromatic nitrogens is 4. The van der Waals surface area contributed by atoms with Crippen molar-refractivity contribution in [3.05, 3.63) is 63.3 Å². The molecule has 0 saturated heterocycles. The molecule has 3 aromatic rings. The highest BCUT2D eigenvalue weighted by Crippen LogP contribution is 2.14. The van der Waals surface area contributed by atoms with E-state index >= 15 is 0 Å². The predicted octanol–water partition coefficient (Wildman–Crippen LogP) is 3.51. The number of nitrogens with zero attached hydrogens (tertiary/aromatic N) is 3. The van der Waals surface area contributed by atoms with Gasteiger partial charge in [-0.15, -0.1) is 5.10 Å². The van der Waals surface area contributed by atoms with E-state index in [-0.39, 0.29) is 0 Å². The Bertz CT molecular complexity index is 759. The third kappa shape index (κ3) is 2.60. The van der Waals surface area contributed by atoms with Gasteiger partial charge in [0.2, 0.25) is 0 Å². The Morgan fingerprint density at radius 1 is 1.05 bits per heavy atom. The third-order valence-electron chi connectivity index (χ3n) is 2.67. The van der Waals surface area contributed by atoms with E-state index in [0.29, 0.717) is 14.8 Å². The minimum Gasteiger partial charge on any atom is -0.137 e. The molecule has 0 aliphatic heterocycles. The molecule has 1 heterocycles. The molecule has 0 fully saturated rings. The minimum absolute atomic E-state index is 0.366.